The molecule has 1 aliphatic heterocycles. The van der Waals surface area contributed by atoms with E-state index in [1.54, 1.807) is 17.3 Å². The lowest BCUT2D eigenvalue weighted by atomic mass is 9.96. The molecule has 0 aliphatic carbocycles. The van der Waals surface area contributed by atoms with Gasteiger partial charge < -0.3 is 9.32 Å². The largest absolute Gasteiger partial charge is 0.419 e. The number of carbonyl (C=O) groups is 1. The summed E-state index contributed by atoms with van der Waals surface area (Å²) in [6, 6.07) is 3.18. The van der Waals surface area contributed by atoms with Crippen LogP contribution in [0, 0.1) is 18.6 Å². The predicted molar refractivity (Wildman–Crippen MR) is 94.3 cm³/mol. The third kappa shape index (κ3) is 3.60. The number of hydrogen-bond acceptors (Lipinski definition) is 6. The first-order valence-electron chi connectivity index (χ1n) is 8.88. The van der Waals surface area contributed by atoms with Gasteiger partial charge in [-0.15, -0.1) is 10.2 Å². The smallest absolute Gasteiger partial charge is 0.267 e. The van der Waals surface area contributed by atoms with Gasteiger partial charge in [0, 0.05) is 30.8 Å². The highest BCUT2D eigenvalue weighted by Gasteiger charge is 2.28. The van der Waals surface area contributed by atoms with Crippen LogP contribution in [0.25, 0.3) is 11.6 Å². The monoisotopic (exact) mass is 385 g/mol. The van der Waals surface area contributed by atoms with Gasteiger partial charge in [-0.1, -0.05) is 0 Å². The fourth-order valence-corrected chi connectivity index (χ4v) is 3.15. The fourth-order valence-electron chi connectivity index (χ4n) is 3.15. The minimum absolute atomic E-state index is 0.0219. The molecule has 7 nitrogen and oxygen atoms in total. The van der Waals surface area contributed by atoms with Gasteiger partial charge in [0.05, 0.1) is 11.9 Å². The van der Waals surface area contributed by atoms with Gasteiger partial charge in [0.15, 0.2) is 11.6 Å². The maximum absolute atomic E-state index is 13.4. The van der Waals surface area contributed by atoms with Gasteiger partial charge >= 0.3 is 0 Å². The number of aryl methyl sites for hydroxylation is 1. The van der Waals surface area contributed by atoms with Crippen LogP contribution in [0.15, 0.2) is 35.0 Å². The van der Waals surface area contributed by atoms with Gasteiger partial charge in [0.2, 0.25) is 5.89 Å². The summed E-state index contributed by atoms with van der Waals surface area (Å²) in [6.07, 6.45) is 4.48. The van der Waals surface area contributed by atoms with E-state index in [2.05, 4.69) is 20.2 Å². The molecule has 0 bridgehead atoms. The molecule has 0 spiro atoms. The zero-order chi connectivity index (χ0) is 19.7. The molecule has 144 valence electrons. The summed E-state index contributed by atoms with van der Waals surface area (Å²) < 4.78 is 32.2. The normalized spacial score (nSPS) is 15.0. The van der Waals surface area contributed by atoms with Crippen LogP contribution in [0.4, 0.5) is 8.78 Å². The molecule has 1 saturated heterocycles. The first-order chi connectivity index (χ1) is 13.5. The van der Waals surface area contributed by atoms with Crippen molar-refractivity contribution in [3.05, 3.63) is 59.4 Å². The van der Waals surface area contributed by atoms with Crippen molar-refractivity contribution < 1.29 is 18.0 Å². The van der Waals surface area contributed by atoms with Crippen LogP contribution >= 0.6 is 0 Å². The molecule has 2 aromatic heterocycles. The SMILES string of the molecule is Cc1cnc(-c2nnc(C3CCN(C(=O)c4ccc(F)c(F)c4)CC3)o2)cn1. The van der Waals surface area contributed by atoms with Crippen LogP contribution in [0.2, 0.25) is 0 Å². The summed E-state index contributed by atoms with van der Waals surface area (Å²) in [5.41, 5.74) is 1.44. The lowest BCUT2D eigenvalue weighted by Gasteiger charge is -2.30. The second kappa shape index (κ2) is 7.41. The minimum atomic E-state index is -1.03. The topological polar surface area (TPSA) is 85.0 Å². The van der Waals surface area contributed by atoms with Crippen LogP contribution in [0.5, 0.6) is 0 Å². The molecule has 0 radical (unpaired) electrons. The van der Waals surface area contributed by atoms with E-state index in [1.165, 1.54) is 6.07 Å². The second-order valence-electron chi connectivity index (χ2n) is 6.68. The van der Waals surface area contributed by atoms with Crippen molar-refractivity contribution in [2.24, 2.45) is 0 Å². The van der Waals surface area contributed by atoms with Crippen molar-refractivity contribution in [3.63, 3.8) is 0 Å². The molecule has 28 heavy (non-hydrogen) atoms. The summed E-state index contributed by atoms with van der Waals surface area (Å²) in [4.78, 5) is 22.5. The van der Waals surface area contributed by atoms with E-state index in [4.69, 9.17) is 4.42 Å². The highest BCUT2D eigenvalue weighted by atomic mass is 19.2. The highest BCUT2D eigenvalue weighted by molar-refractivity contribution is 5.94. The molecule has 1 amide bonds. The van der Waals surface area contributed by atoms with E-state index < -0.39 is 11.6 Å². The summed E-state index contributed by atoms with van der Waals surface area (Å²) in [5.74, 6) is -1.49. The number of amides is 1. The summed E-state index contributed by atoms with van der Waals surface area (Å²) in [7, 11) is 0. The van der Waals surface area contributed by atoms with Gasteiger partial charge in [-0.2, -0.15) is 0 Å². The first-order valence-corrected chi connectivity index (χ1v) is 8.88. The van der Waals surface area contributed by atoms with Crippen LogP contribution < -0.4 is 0 Å². The van der Waals surface area contributed by atoms with Gasteiger partial charge in [-0.3, -0.25) is 9.78 Å². The van der Waals surface area contributed by atoms with Crippen molar-refractivity contribution in [1.82, 2.24) is 25.1 Å². The van der Waals surface area contributed by atoms with E-state index in [0.29, 0.717) is 43.4 Å². The summed E-state index contributed by atoms with van der Waals surface area (Å²) >= 11 is 0. The number of halogens is 2. The quantitative estimate of drug-likeness (QED) is 0.689. The summed E-state index contributed by atoms with van der Waals surface area (Å²) in [5, 5.41) is 8.14. The van der Waals surface area contributed by atoms with E-state index in [9.17, 15) is 13.6 Å². The molecule has 0 N–H and O–H groups in total. The average Bonchev–Trinajstić information content (AvgIpc) is 3.20. The fraction of sp³-hybridized carbons (Fsp3) is 0.316. The number of likely N-dealkylation sites (tertiary alicyclic amines) is 1. The highest BCUT2D eigenvalue weighted by Crippen LogP contribution is 2.29. The Hall–Kier alpha value is -3.23. The van der Waals surface area contributed by atoms with Crippen molar-refractivity contribution >= 4 is 5.91 Å². The Balaban J connectivity index is 1.41. The molecular weight excluding hydrogens is 368 g/mol. The van der Waals surface area contributed by atoms with Crippen LogP contribution in [-0.2, 0) is 0 Å². The Bertz CT molecular complexity index is 998. The molecule has 4 rings (SSSR count). The number of piperidine rings is 1. The lowest BCUT2D eigenvalue weighted by Crippen LogP contribution is -2.38. The Morgan fingerprint density at radius 1 is 1.11 bits per heavy atom. The number of rotatable bonds is 3. The molecule has 3 aromatic rings. The third-order valence-corrected chi connectivity index (χ3v) is 4.74. The Morgan fingerprint density at radius 3 is 2.57 bits per heavy atom. The lowest BCUT2D eigenvalue weighted by molar-refractivity contribution is 0.0706. The molecule has 1 fully saturated rings. The van der Waals surface area contributed by atoms with E-state index in [0.717, 1.165) is 17.8 Å². The average molecular weight is 385 g/mol. The maximum atomic E-state index is 13.4. The van der Waals surface area contributed by atoms with E-state index >= 15 is 0 Å². The number of hydrogen-bond donors (Lipinski definition) is 0. The molecule has 0 saturated carbocycles. The van der Waals surface area contributed by atoms with Gasteiger partial charge in [-0.25, -0.2) is 13.8 Å². The maximum Gasteiger partial charge on any atom is 0.267 e. The van der Waals surface area contributed by atoms with Gasteiger partial charge in [0.1, 0.15) is 5.69 Å². The Kier molecular flexibility index (Phi) is 4.81. The van der Waals surface area contributed by atoms with Crippen LogP contribution in [0.3, 0.4) is 0 Å². The zero-order valence-electron chi connectivity index (χ0n) is 15.1. The molecule has 1 aromatic carbocycles. The van der Waals surface area contributed by atoms with Crippen LogP contribution in [0.1, 0.15) is 40.7 Å². The van der Waals surface area contributed by atoms with E-state index in [-0.39, 0.29) is 17.4 Å². The number of carbonyl (C=O) groups excluding carboxylic acids is 1. The standard InChI is InChI=1S/C19H17F2N5O2/c1-11-9-23-16(10-22-11)18-25-24-17(28-18)12-4-6-26(7-5-12)19(27)13-2-3-14(20)15(21)8-13/h2-3,8-10,12H,4-7H2,1H3. The Labute approximate surface area is 159 Å². The molecule has 0 unspecified atom stereocenters. The Morgan fingerprint density at radius 2 is 1.89 bits per heavy atom. The number of nitrogens with zero attached hydrogens (tertiary/aromatic N) is 5. The van der Waals surface area contributed by atoms with Crippen molar-refractivity contribution in [3.8, 4) is 11.6 Å². The zero-order valence-corrected chi connectivity index (χ0v) is 15.1. The molecular formula is C19H17F2N5O2. The molecule has 9 heteroatoms. The number of benzene rings is 1. The van der Waals surface area contributed by atoms with Crippen molar-refractivity contribution in [2.75, 3.05) is 13.1 Å². The third-order valence-electron chi connectivity index (χ3n) is 4.74. The van der Waals surface area contributed by atoms with Crippen molar-refractivity contribution in [1.29, 1.82) is 0 Å². The molecule has 0 atom stereocenters. The summed E-state index contributed by atoms with van der Waals surface area (Å²) in [6.45, 7) is 2.76. The number of aromatic nitrogens is 4. The first kappa shape index (κ1) is 18.1. The minimum Gasteiger partial charge on any atom is -0.419 e. The molecule has 1 aliphatic rings. The van der Waals surface area contributed by atoms with E-state index in [1.807, 2.05) is 6.92 Å². The predicted octanol–water partition coefficient (Wildman–Crippen LogP) is 3.13. The van der Waals surface area contributed by atoms with Crippen molar-refractivity contribution in [2.45, 2.75) is 25.7 Å². The van der Waals surface area contributed by atoms with Gasteiger partial charge in [0.25, 0.3) is 11.8 Å². The van der Waals surface area contributed by atoms with Gasteiger partial charge in [-0.05, 0) is 38.0 Å². The molecule has 3 heterocycles. The van der Waals surface area contributed by atoms with Crippen LogP contribution in [-0.4, -0.2) is 44.1 Å². The second-order valence-corrected chi connectivity index (χ2v) is 6.68.